The Morgan fingerprint density at radius 3 is 2.77 bits per heavy atom. The summed E-state index contributed by atoms with van der Waals surface area (Å²) in [4.78, 5) is 18.4. The SMILES string of the molecule is COC1CCCN(c2cc(C(=O)O)nc(Nc3cccc(C)c3)c2C(=N)C(C)C)C1. The largest absolute Gasteiger partial charge is 0.477 e. The molecule has 1 aromatic heterocycles. The van der Waals surface area contributed by atoms with Gasteiger partial charge in [0.05, 0.1) is 17.4 Å². The summed E-state index contributed by atoms with van der Waals surface area (Å²) in [5.74, 6) is -0.734. The molecule has 0 aliphatic carbocycles. The summed E-state index contributed by atoms with van der Waals surface area (Å²) in [6.45, 7) is 7.35. The minimum atomic E-state index is -1.09. The number of aryl methyl sites for hydroxylation is 1. The average molecular weight is 411 g/mol. The predicted molar refractivity (Wildman–Crippen MR) is 120 cm³/mol. The predicted octanol–water partition coefficient (Wildman–Crippen LogP) is 4.47. The summed E-state index contributed by atoms with van der Waals surface area (Å²) >= 11 is 0. The minimum Gasteiger partial charge on any atom is -0.477 e. The molecule has 1 atom stereocenters. The Kier molecular flexibility index (Phi) is 6.72. The molecule has 7 heteroatoms. The van der Waals surface area contributed by atoms with Crippen LogP contribution in [0.25, 0.3) is 0 Å². The maximum absolute atomic E-state index is 11.8. The van der Waals surface area contributed by atoms with E-state index in [-0.39, 0.29) is 17.7 Å². The first kappa shape index (κ1) is 21.8. The third kappa shape index (κ3) is 4.79. The molecule has 3 N–H and O–H groups in total. The Balaban J connectivity index is 2.16. The van der Waals surface area contributed by atoms with Crippen LogP contribution in [-0.2, 0) is 4.74 Å². The smallest absolute Gasteiger partial charge is 0.354 e. The zero-order chi connectivity index (χ0) is 21.8. The van der Waals surface area contributed by atoms with Crippen molar-refractivity contribution < 1.29 is 14.6 Å². The van der Waals surface area contributed by atoms with Crippen molar-refractivity contribution >= 4 is 28.9 Å². The molecular formula is C23H30N4O3. The van der Waals surface area contributed by atoms with Crippen molar-refractivity contribution in [2.24, 2.45) is 5.92 Å². The van der Waals surface area contributed by atoms with E-state index < -0.39 is 5.97 Å². The van der Waals surface area contributed by atoms with E-state index in [0.717, 1.165) is 36.3 Å². The number of aromatic carboxylic acids is 1. The van der Waals surface area contributed by atoms with Crippen LogP contribution in [0.15, 0.2) is 30.3 Å². The molecule has 0 amide bonds. The highest BCUT2D eigenvalue weighted by Gasteiger charge is 2.28. The molecule has 1 saturated heterocycles. The summed E-state index contributed by atoms with van der Waals surface area (Å²) in [7, 11) is 1.70. The number of hydrogen-bond acceptors (Lipinski definition) is 6. The second-order valence-corrected chi connectivity index (χ2v) is 8.06. The van der Waals surface area contributed by atoms with E-state index in [1.807, 2.05) is 45.0 Å². The first-order chi connectivity index (χ1) is 14.3. The molecule has 0 bridgehead atoms. The van der Waals surface area contributed by atoms with Crippen LogP contribution >= 0.6 is 0 Å². The fourth-order valence-electron chi connectivity index (χ4n) is 3.74. The van der Waals surface area contributed by atoms with Crippen LogP contribution in [0.1, 0.15) is 48.3 Å². The number of benzene rings is 1. The van der Waals surface area contributed by atoms with Gasteiger partial charge in [-0.2, -0.15) is 0 Å². The van der Waals surface area contributed by atoms with Crippen LogP contribution in [0.5, 0.6) is 0 Å². The van der Waals surface area contributed by atoms with Crippen molar-refractivity contribution in [1.82, 2.24) is 4.98 Å². The lowest BCUT2D eigenvalue weighted by molar-refractivity contribution is 0.0690. The second kappa shape index (κ2) is 9.26. The summed E-state index contributed by atoms with van der Waals surface area (Å²) in [5, 5.41) is 21.7. The highest BCUT2D eigenvalue weighted by Crippen LogP contribution is 2.34. The highest BCUT2D eigenvalue weighted by molar-refractivity contribution is 6.09. The first-order valence-corrected chi connectivity index (χ1v) is 10.3. The van der Waals surface area contributed by atoms with Crippen molar-refractivity contribution in [1.29, 1.82) is 5.41 Å². The van der Waals surface area contributed by atoms with Crippen molar-refractivity contribution in [3.63, 3.8) is 0 Å². The van der Waals surface area contributed by atoms with E-state index in [1.54, 1.807) is 13.2 Å². The van der Waals surface area contributed by atoms with Gasteiger partial charge in [-0.15, -0.1) is 0 Å². The van der Waals surface area contributed by atoms with Crippen molar-refractivity contribution in [2.45, 2.75) is 39.7 Å². The number of carboxylic acids is 1. The maximum atomic E-state index is 11.8. The first-order valence-electron chi connectivity index (χ1n) is 10.3. The van der Waals surface area contributed by atoms with Gasteiger partial charge in [0.25, 0.3) is 0 Å². The zero-order valence-electron chi connectivity index (χ0n) is 18.0. The van der Waals surface area contributed by atoms with Gasteiger partial charge in [0, 0.05) is 31.6 Å². The molecule has 1 fully saturated rings. The molecule has 1 aliphatic rings. The Labute approximate surface area is 177 Å². The van der Waals surface area contributed by atoms with Crippen LogP contribution in [0.4, 0.5) is 17.2 Å². The molecule has 7 nitrogen and oxygen atoms in total. The molecule has 0 radical (unpaired) electrons. The van der Waals surface area contributed by atoms with Crippen LogP contribution in [-0.4, -0.2) is 48.1 Å². The van der Waals surface area contributed by atoms with E-state index in [2.05, 4.69) is 15.2 Å². The number of carbonyl (C=O) groups is 1. The van der Waals surface area contributed by atoms with Crippen molar-refractivity contribution in [3.8, 4) is 0 Å². The van der Waals surface area contributed by atoms with Gasteiger partial charge in [-0.3, -0.25) is 0 Å². The molecule has 30 heavy (non-hydrogen) atoms. The molecule has 1 aliphatic heterocycles. The van der Waals surface area contributed by atoms with Gasteiger partial charge >= 0.3 is 5.97 Å². The number of carboxylic acid groups (broad SMARTS) is 1. The standard InChI is InChI=1S/C23H30N4O3/c1-14(2)21(24)20-19(27-10-6-9-17(13-27)30-4)12-18(23(28)29)26-22(20)25-16-8-5-7-15(3)11-16/h5,7-8,11-12,14,17,24H,6,9-10,13H2,1-4H3,(H,25,26)(H,28,29). The number of methoxy groups -OCH3 is 1. The number of anilines is 3. The number of piperidine rings is 1. The summed E-state index contributed by atoms with van der Waals surface area (Å²) in [6, 6.07) is 9.40. The van der Waals surface area contributed by atoms with E-state index in [1.165, 1.54) is 0 Å². The average Bonchev–Trinajstić information content (AvgIpc) is 2.72. The van der Waals surface area contributed by atoms with Gasteiger partial charge < -0.3 is 25.5 Å². The van der Waals surface area contributed by atoms with Crippen molar-refractivity contribution in [3.05, 3.63) is 47.2 Å². The summed E-state index contributed by atoms with van der Waals surface area (Å²) in [6.07, 6.45) is 1.99. The van der Waals surface area contributed by atoms with Gasteiger partial charge in [0.1, 0.15) is 5.82 Å². The zero-order valence-corrected chi connectivity index (χ0v) is 18.0. The molecule has 3 rings (SSSR count). The minimum absolute atomic E-state index is 0.0395. The molecule has 2 aromatic rings. The van der Waals surface area contributed by atoms with Gasteiger partial charge in [-0.05, 0) is 49.4 Å². The number of aromatic nitrogens is 1. The number of ether oxygens (including phenoxy) is 1. The quantitative estimate of drug-likeness (QED) is 0.583. The monoisotopic (exact) mass is 410 g/mol. The third-order valence-electron chi connectivity index (χ3n) is 5.40. The number of nitrogens with zero attached hydrogens (tertiary/aromatic N) is 2. The molecule has 1 unspecified atom stereocenters. The Bertz CT molecular complexity index is 942. The number of hydrogen-bond donors (Lipinski definition) is 3. The Morgan fingerprint density at radius 2 is 2.13 bits per heavy atom. The number of rotatable bonds is 7. The van der Waals surface area contributed by atoms with Gasteiger partial charge in [0.2, 0.25) is 0 Å². The summed E-state index contributed by atoms with van der Waals surface area (Å²) < 4.78 is 5.56. The molecule has 0 saturated carbocycles. The molecule has 1 aromatic carbocycles. The van der Waals surface area contributed by atoms with Gasteiger partial charge in [0.15, 0.2) is 5.69 Å². The van der Waals surface area contributed by atoms with Gasteiger partial charge in [-0.1, -0.05) is 26.0 Å². The van der Waals surface area contributed by atoms with E-state index in [9.17, 15) is 9.90 Å². The molecule has 160 valence electrons. The second-order valence-electron chi connectivity index (χ2n) is 8.06. The normalized spacial score (nSPS) is 16.6. The lowest BCUT2D eigenvalue weighted by Crippen LogP contribution is -2.40. The fourth-order valence-corrected chi connectivity index (χ4v) is 3.74. The van der Waals surface area contributed by atoms with Crippen LogP contribution in [0, 0.1) is 18.3 Å². The summed E-state index contributed by atoms with van der Waals surface area (Å²) in [5.41, 5.74) is 3.63. The Hall–Kier alpha value is -2.93. The molecule has 0 spiro atoms. The lowest BCUT2D eigenvalue weighted by Gasteiger charge is -2.35. The number of pyridine rings is 1. The van der Waals surface area contributed by atoms with Crippen LogP contribution in [0.2, 0.25) is 0 Å². The van der Waals surface area contributed by atoms with Crippen LogP contribution in [0.3, 0.4) is 0 Å². The van der Waals surface area contributed by atoms with Crippen LogP contribution < -0.4 is 10.2 Å². The maximum Gasteiger partial charge on any atom is 0.354 e. The lowest BCUT2D eigenvalue weighted by atomic mass is 9.96. The molecule has 2 heterocycles. The topological polar surface area (TPSA) is 98.5 Å². The Morgan fingerprint density at radius 1 is 1.37 bits per heavy atom. The van der Waals surface area contributed by atoms with E-state index in [0.29, 0.717) is 23.6 Å². The van der Waals surface area contributed by atoms with E-state index >= 15 is 0 Å². The molecular weight excluding hydrogens is 380 g/mol. The van der Waals surface area contributed by atoms with Gasteiger partial charge in [-0.25, -0.2) is 9.78 Å². The number of nitrogens with one attached hydrogen (secondary N) is 2. The van der Waals surface area contributed by atoms with E-state index in [4.69, 9.17) is 10.1 Å². The third-order valence-corrected chi connectivity index (χ3v) is 5.40. The fraction of sp³-hybridized carbons (Fsp3) is 0.435. The van der Waals surface area contributed by atoms with Crippen molar-refractivity contribution in [2.75, 3.05) is 30.4 Å². The highest BCUT2D eigenvalue weighted by atomic mass is 16.5.